The van der Waals surface area contributed by atoms with Crippen molar-refractivity contribution in [3.8, 4) is 0 Å². The summed E-state index contributed by atoms with van der Waals surface area (Å²) in [6.07, 6.45) is 3.11. The van der Waals surface area contributed by atoms with Gasteiger partial charge in [-0.1, -0.05) is 34.8 Å². The highest BCUT2D eigenvalue weighted by Gasteiger charge is 2.22. The number of benzene rings is 1. The second-order valence-electron chi connectivity index (χ2n) is 6.16. The van der Waals surface area contributed by atoms with Crippen LogP contribution in [0.4, 0.5) is 0 Å². The summed E-state index contributed by atoms with van der Waals surface area (Å²) in [5.41, 5.74) is 0.963. The van der Waals surface area contributed by atoms with Gasteiger partial charge in [-0.05, 0) is 48.9 Å². The highest BCUT2D eigenvalue weighted by Crippen LogP contribution is 2.20. The number of nitrogens with zero attached hydrogens (tertiary/aromatic N) is 3. The Hall–Kier alpha value is -1.83. The van der Waals surface area contributed by atoms with Gasteiger partial charge in [0.15, 0.2) is 0 Å². The van der Waals surface area contributed by atoms with Gasteiger partial charge in [-0.3, -0.25) is 4.79 Å². The lowest BCUT2D eigenvalue weighted by atomic mass is 9.96. The summed E-state index contributed by atoms with van der Waals surface area (Å²) < 4.78 is 3.70. The van der Waals surface area contributed by atoms with Crippen LogP contribution in [0.15, 0.2) is 36.5 Å². The van der Waals surface area contributed by atoms with Gasteiger partial charge in [-0.2, -0.15) is 0 Å². The number of nitrogens with one attached hydrogen (secondary N) is 1. The third-order valence-electron chi connectivity index (χ3n) is 4.46. The second kappa shape index (κ2) is 8.32. The standard InChI is InChI=1S/C17H22N4O2S/c22-15(14-4-2-1-3-5-14)12-21-8-6-13(7-9-21)10-18-17(23)16-11-19-20-24-16/h1-5,11,13,15,22H,6-10,12H2,(H,18,23)/t15-/m1/s1. The van der Waals surface area contributed by atoms with E-state index in [1.165, 1.54) is 6.20 Å². The van der Waals surface area contributed by atoms with Crippen molar-refractivity contribution in [2.75, 3.05) is 26.2 Å². The zero-order chi connectivity index (χ0) is 16.8. The molecule has 0 spiro atoms. The molecule has 2 heterocycles. The molecule has 6 nitrogen and oxygen atoms in total. The Bertz CT molecular complexity index is 627. The molecule has 1 atom stereocenters. The number of rotatable bonds is 6. The highest BCUT2D eigenvalue weighted by atomic mass is 32.1. The summed E-state index contributed by atoms with van der Waals surface area (Å²) in [4.78, 5) is 14.7. The molecule has 0 radical (unpaired) electrons. The highest BCUT2D eigenvalue weighted by molar-refractivity contribution is 7.07. The number of aliphatic hydroxyl groups excluding tert-OH is 1. The van der Waals surface area contributed by atoms with Crippen molar-refractivity contribution in [1.29, 1.82) is 0 Å². The number of likely N-dealkylation sites (tertiary alicyclic amines) is 1. The van der Waals surface area contributed by atoms with E-state index >= 15 is 0 Å². The van der Waals surface area contributed by atoms with Gasteiger partial charge in [0.1, 0.15) is 4.88 Å². The number of β-amino-alcohol motifs (C(OH)–C–C–N with tert-alkyl or cyclic N) is 1. The molecule has 128 valence electrons. The van der Waals surface area contributed by atoms with E-state index in [0.29, 0.717) is 23.9 Å². The predicted molar refractivity (Wildman–Crippen MR) is 92.8 cm³/mol. The number of aliphatic hydroxyl groups is 1. The summed E-state index contributed by atoms with van der Waals surface area (Å²) in [5.74, 6) is 0.395. The molecule has 3 rings (SSSR count). The minimum atomic E-state index is -0.443. The van der Waals surface area contributed by atoms with Gasteiger partial charge in [-0.15, -0.1) is 5.10 Å². The lowest BCUT2D eigenvalue weighted by Crippen LogP contribution is -2.40. The fourth-order valence-corrected chi connectivity index (χ4v) is 3.42. The molecule has 0 saturated carbocycles. The molecule has 1 aromatic carbocycles. The van der Waals surface area contributed by atoms with Crippen molar-refractivity contribution in [1.82, 2.24) is 19.8 Å². The molecule has 1 saturated heterocycles. The van der Waals surface area contributed by atoms with Crippen LogP contribution in [0.3, 0.4) is 0 Å². The number of aromatic nitrogens is 2. The van der Waals surface area contributed by atoms with Gasteiger partial charge in [-0.25, -0.2) is 0 Å². The van der Waals surface area contributed by atoms with Gasteiger partial charge in [0.25, 0.3) is 5.91 Å². The molecular weight excluding hydrogens is 324 g/mol. The maximum absolute atomic E-state index is 11.9. The average molecular weight is 346 g/mol. The fraction of sp³-hybridized carbons (Fsp3) is 0.471. The zero-order valence-corrected chi connectivity index (χ0v) is 14.3. The number of hydrogen-bond acceptors (Lipinski definition) is 6. The van der Waals surface area contributed by atoms with E-state index in [1.54, 1.807) is 0 Å². The third-order valence-corrected chi connectivity index (χ3v) is 5.12. The number of hydrogen-bond donors (Lipinski definition) is 2. The Balaban J connectivity index is 1.39. The van der Waals surface area contributed by atoms with Crippen LogP contribution in [0.25, 0.3) is 0 Å². The quantitative estimate of drug-likeness (QED) is 0.833. The van der Waals surface area contributed by atoms with Crippen LogP contribution >= 0.6 is 11.5 Å². The van der Waals surface area contributed by atoms with Gasteiger partial charge in [0.2, 0.25) is 0 Å². The molecule has 2 N–H and O–H groups in total. The summed E-state index contributed by atoms with van der Waals surface area (Å²) in [5, 5.41) is 16.9. The fourth-order valence-electron chi connectivity index (χ4n) is 2.99. The van der Waals surface area contributed by atoms with E-state index in [4.69, 9.17) is 0 Å². The van der Waals surface area contributed by atoms with Crippen LogP contribution in [-0.4, -0.2) is 51.7 Å². The van der Waals surface area contributed by atoms with Gasteiger partial charge >= 0.3 is 0 Å². The average Bonchev–Trinajstić information content (AvgIpc) is 3.16. The lowest BCUT2D eigenvalue weighted by Gasteiger charge is -2.33. The second-order valence-corrected chi connectivity index (χ2v) is 6.95. The minimum Gasteiger partial charge on any atom is -0.387 e. The van der Waals surface area contributed by atoms with Crippen molar-refractivity contribution in [2.24, 2.45) is 5.92 Å². The first kappa shape index (κ1) is 17.0. The predicted octanol–water partition coefficient (Wildman–Crippen LogP) is 1.71. The Morgan fingerprint density at radius 1 is 1.33 bits per heavy atom. The molecule has 7 heteroatoms. The molecule has 1 fully saturated rings. The lowest BCUT2D eigenvalue weighted by molar-refractivity contribution is 0.0853. The van der Waals surface area contributed by atoms with E-state index in [9.17, 15) is 9.90 Å². The smallest absolute Gasteiger partial charge is 0.264 e. The molecule has 2 aromatic rings. The zero-order valence-electron chi connectivity index (χ0n) is 13.5. The minimum absolute atomic E-state index is 0.0908. The van der Waals surface area contributed by atoms with Gasteiger partial charge in [0, 0.05) is 13.1 Å². The molecule has 1 aliphatic rings. The van der Waals surface area contributed by atoms with Crippen molar-refractivity contribution >= 4 is 17.4 Å². The number of carbonyl (C=O) groups excluding carboxylic acids is 1. The van der Waals surface area contributed by atoms with Crippen LogP contribution in [0.5, 0.6) is 0 Å². The third kappa shape index (κ3) is 4.59. The van der Waals surface area contributed by atoms with Crippen LogP contribution in [0, 0.1) is 5.92 Å². The Labute approximate surface area is 145 Å². The summed E-state index contributed by atoms with van der Waals surface area (Å²) in [6, 6.07) is 9.78. The van der Waals surface area contributed by atoms with E-state index in [-0.39, 0.29) is 5.91 Å². The molecular formula is C17H22N4O2S. The molecule has 1 amide bonds. The number of piperidine rings is 1. The maximum Gasteiger partial charge on any atom is 0.264 e. The number of amides is 1. The molecule has 0 bridgehead atoms. The normalized spacial score (nSPS) is 17.5. The maximum atomic E-state index is 11.9. The van der Waals surface area contributed by atoms with E-state index < -0.39 is 6.10 Å². The topological polar surface area (TPSA) is 78.4 Å². The molecule has 0 unspecified atom stereocenters. The Morgan fingerprint density at radius 2 is 2.08 bits per heavy atom. The van der Waals surface area contributed by atoms with Crippen molar-refractivity contribution < 1.29 is 9.90 Å². The molecule has 24 heavy (non-hydrogen) atoms. The first-order valence-electron chi connectivity index (χ1n) is 8.23. The summed E-state index contributed by atoms with van der Waals surface area (Å²) >= 11 is 1.11. The molecule has 1 aromatic heterocycles. The molecule has 1 aliphatic heterocycles. The summed E-state index contributed by atoms with van der Waals surface area (Å²) in [7, 11) is 0. The van der Waals surface area contributed by atoms with Crippen LogP contribution in [-0.2, 0) is 0 Å². The molecule has 0 aliphatic carbocycles. The van der Waals surface area contributed by atoms with Crippen LogP contribution in [0.2, 0.25) is 0 Å². The summed E-state index contributed by atoms with van der Waals surface area (Å²) in [6.45, 7) is 3.25. The Morgan fingerprint density at radius 3 is 2.75 bits per heavy atom. The largest absolute Gasteiger partial charge is 0.387 e. The first-order valence-corrected chi connectivity index (χ1v) is 9.00. The van der Waals surface area contributed by atoms with Crippen LogP contribution < -0.4 is 5.32 Å². The number of carbonyl (C=O) groups is 1. The van der Waals surface area contributed by atoms with Crippen molar-refractivity contribution in [3.05, 3.63) is 47.0 Å². The Kier molecular flexibility index (Phi) is 5.90. The van der Waals surface area contributed by atoms with E-state index in [1.807, 2.05) is 30.3 Å². The SMILES string of the molecule is O=C(NCC1CCN(C[C@@H](O)c2ccccc2)CC1)c1cnns1. The van der Waals surface area contributed by atoms with E-state index in [2.05, 4.69) is 19.8 Å². The van der Waals surface area contributed by atoms with Crippen molar-refractivity contribution in [2.45, 2.75) is 18.9 Å². The van der Waals surface area contributed by atoms with E-state index in [0.717, 1.165) is 43.0 Å². The van der Waals surface area contributed by atoms with Gasteiger partial charge < -0.3 is 15.3 Å². The first-order chi connectivity index (χ1) is 11.7. The van der Waals surface area contributed by atoms with Crippen LogP contribution in [0.1, 0.15) is 34.2 Å². The van der Waals surface area contributed by atoms with Crippen molar-refractivity contribution in [3.63, 3.8) is 0 Å². The van der Waals surface area contributed by atoms with Gasteiger partial charge in [0.05, 0.1) is 12.3 Å². The monoisotopic (exact) mass is 346 g/mol.